The second-order valence-corrected chi connectivity index (χ2v) is 2.95. The summed E-state index contributed by atoms with van der Waals surface area (Å²) >= 11 is 0. The van der Waals surface area contributed by atoms with Crippen LogP contribution in [0.5, 0.6) is 0 Å². The summed E-state index contributed by atoms with van der Waals surface area (Å²) in [7, 11) is 0. The van der Waals surface area contributed by atoms with E-state index in [4.69, 9.17) is 15.2 Å². The molecule has 1 rings (SSSR count). The molecule has 0 saturated carbocycles. The molecule has 0 aliphatic carbocycles. The molecule has 1 unspecified atom stereocenters. The molecule has 76 valence electrons. The van der Waals surface area contributed by atoms with Gasteiger partial charge in [-0.2, -0.15) is 0 Å². The second-order valence-electron chi connectivity index (χ2n) is 2.95. The Hall–Kier alpha value is -0.810. The van der Waals surface area contributed by atoms with Crippen molar-refractivity contribution >= 4 is 6.03 Å². The lowest BCUT2D eigenvalue weighted by Crippen LogP contribution is -2.38. The molecule has 5 heteroatoms. The number of carbonyl (C=O) groups excluding carboxylic acids is 1. The number of nitrogens with two attached hydrogens (primary N) is 1. The summed E-state index contributed by atoms with van der Waals surface area (Å²) in [6.07, 6.45) is 0.281. The molecule has 1 heterocycles. The van der Waals surface area contributed by atoms with Crippen LogP contribution in [-0.4, -0.2) is 49.9 Å². The van der Waals surface area contributed by atoms with Crippen LogP contribution in [0.1, 0.15) is 6.92 Å². The van der Waals surface area contributed by atoms with Gasteiger partial charge >= 0.3 is 6.03 Å². The molecule has 0 aromatic rings. The maximum atomic E-state index is 10.7. The van der Waals surface area contributed by atoms with Gasteiger partial charge in [0.2, 0.25) is 0 Å². The van der Waals surface area contributed by atoms with Gasteiger partial charge in [0.1, 0.15) is 6.10 Å². The van der Waals surface area contributed by atoms with Crippen LogP contribution in [0.15, 0.2) is 0 Å². The van der Waals surface area contributed by atoms with E-state index < -0.39 is 6.03 Å². The van der Waals surface area contributed by atoms with Gasteiger partial charge in [-0.1, -0.05) is 0 Å². The molecular weight excluding hydrogens is 172 g/mol. The fraction of sp³-hybridized carbons (Fsp3) is 0.875. The summed E-state index contributed by atoms with van der Waals surface area (Å²) in [5, 5.41) is 0. The van der Waals surface area contributed by atoms with Crippen molar-refractivity contribution < 1.29 is 14.3 Å². The van der Waals surface area contributed by atoms with Crippen LogP contribution in [0.2, 0.25) is 0 Å². The van der Waals surface area contributed by atoms with Gasteiger partial charge in [-0.25, -0.2) is 4.79 Å². The highest BCUT2D eigenvalue weighted by Crippen LogP contribution is 2.08. The van der Waals surface area contributed by atoms with Crippen LogP contribution < -0.4 is 5.73 Å². The van der Waals surface area contributed by atoms with Crippen molar-refractivity contribution in [3.8, 4) is 0 Å². The van der Waals surface area contributed by atoms with Gasteiger partial charge < -0.3 is 20.1 Å². The molecule has 0 radical (unpaired) electrons. The first-order chi connectivity index (χ1) is 6.24. The number of likely N-dealkylation sites (N-methyl/N-ethyl adjacent to an activating group) is 1. The minimum Gasteiger partial charge on any atom is -0.377 e. The van der Waals surface area contributed by atoms with E-state index in [9.17, 15) is 4.79 Å². The maximum Gasteiger partial charge on any atom is 0.314 e. The van der Waals surface area contributed by atoms with Crippen LogP contribution in [-0.2, 0) is 9.47 Å². The topological polar surface area (TPSA) is 68.1 Å². The molecule has 13 heavy (non-hydrogen) atoms. The predicted octanol–water partition coefficient (Wildman–Crippen LogP) is -0.198. The van der Waals surface area contributed by atoms with Crippen LogP contribution in [0.25, 0.3) is 0 Å². The van der Waals surface area contributed by atoms with E-state index >= 15 is 0 Å². The predicted molar refractivity (Wildman–Crippen MR) is 47.4 cm³/mol. The van der Waals surface area contributed by atoms with E-state index in [-0.39, 0.29) is 6.10 Å². The Morgan fingerprint density at radius 1 is 1.77 bits per heavy atom. The van der Waals surface area contributed by atoms with Crippen molar-refractivity contribution in [3.63, 3.8) is 0 Å². The second kappa shape index (κ2) is 5.04. The van der Waals surface area contributed by atoms with Crippen molar-refractivity contribution in [2.24, 2.45) is 5.73 Å². The molecule has 2 N–H and O–H groups in total. The quantitative estimate of drug-likeness (QED) is 0.463. The Morgan fingerprint density at radius 3 is 2.92 bits per heavy atom. The highest BCUT2D eigenvalue weighted by molar-refractivity contribution is 5.71. The number of primary amides is 1. The average molecular weight is 188 g/mol. The summed E-state index contributed by atoms with van der Waals surface area (Å²) in [6.45, 7) is 5.01. The first-order valence-electron chi connectivity index (χ1n) is 4.47. The third kappa shape index (κ3) is 4.10. The third-order valence-electron chi connectivity index (χ3n) is 1.91. The normalized spacial score (nSPS) is 19.9. The Balaban J connectivity index is 1.98. The zero-order valence-electron chi connectivity index (χ0n) is 7.86. The molecular formula is C8H16N2O3. The molecule has 1 saturated heterocycles. The molecule has 1 aliphatic heterocycles. The summed E-state index contributed by atoms with van der Waals surface area (Å²) in [4.78, 5) is 12.3. The monoisotopic (exact) mass is 188 g/mol. The summed E-state index contributed by atoms with van der Waals surface area (Å²) in [6, 6.07) is -0.395. The smallest absolute Gasteiger partial charge is 0.314 e. The van der Waals surface area contributed by atoms with Crippen LogP contribution in [0.3, 0.4) is 0 Å². The highest BCUT2D eigenvalue weighted by atomic mass is 16.6. The molecule has 0 aromatic heterocycles. The van der Waals surface area contributed by atoms with Crippen LogP contribution in [0.4, 0.5) is 4.79 Å². The largest absolute Gasteiger partial charge is 0.377 e. The van der Waals surface area contributed by atoms with E-state index in [1.165, 1.54) is 4.90 Å². The molecule has 5 nitrogen and oxygen atoms in total. The lowest BCUT2D eigenvalue weighted by Gasteiger charge is -2.17. The number of epoxide rings is 1. The van der Waals surface area contributed by atoms with E-state index in [0.717, 1.165) is 6.61 Å². The zero-order chi connectivity index (χ0) is 9.68. The first kappa shape index (κ1) is 10.3. The van der Waals surface area contributed by atoms with Gasteiger partial charge in [0.15, 0.2) is 0 Å². The molecule has 1 aliphatic rings. The van der Waals surface area contributed by atoms with E-state index in [0.29, 0.717) is 26.3 Å². The summed E-state index contributed by atoms with van der Waals surface area (Å²) in [5.41, 5.74) is 5.11. The fourth-order valence-electron chi connectivity index (χ4n) is 0.978. The van der Waals surface area contributed by atoms with Crippen molar-refractivity contribution in [2.45, 2.75) is 13.0 Å². The van der Waals surface area contributed by atoms with Crippen molar-refractivity contribution in [2.75, 3.05) is 32.9 Å². The maximum absolute atomic E-state index is 10.7. The molecule has 0 spiro atoms. The Morgan fingerprint density at radius 2 is 2.46 bits per heavy atom. The van der Waals surface area contributed by atoms with Crippen molar-refractivity contribution in [3.05, 3.63) is 0 Å². The molecule has 1 atom stereocenters. The Bertz CT molecular complexity index is 171. The fourth-order valence-corrected chi connectivity index (χ4v) is 0.978. The minimum absolute atomic E-state index is 0.281. The van der Waals surface area contributed by atoms with Gasteiger partial charge in [0.25, 0.3) is 0 Å². The van der Waals surface area contributed by atoms with Gasteiger partial charge in [-0.3, -0.25) is 0 Å². The summed E-state index contributed by atoms with van der Waals surface area (Å²) < 4.78 is 10.2. The number of carbonyl (C=O) groups is 1. The number of amides is 2. The van der Waals surface area contributed by atoms with Crippen molar-refractivity contribution in [1.29, 1.82) is 0 Å². The number of urea groups is 1. The van der Waals surface area contributed by atoms with E-state index in [1.54, 1.807) is 0 Å². The van der Waals surface area contributed by atoms with Gasteiger partial charge in [-0.05, 0) is 6.92 Å². The Kier molecular flexibility index (Phi) is 3.98. The third-order valence-corrected chi connectivity index (χ3v) is 1.91. The number of ether oxygens (including phenoxy) is 2. The van der Waals surface area contributed by atoms with E-state index in [2.05, 4.69) is 0 Å². The van der Waals surface area contributed by atoms with Crippen molar-refractivity contribution in [1.82, 2.24) is 4.90 Å². The number of hydrogen-bond donors (Lipinski definition) is 1. The SMILES string of the molecule is CCN(CCOCC1CO1)C(N)=O. The molecule has 1 fully saturated rings. The number of rotatable bonds is 6. The molecule has 0 aromatic carbocycles. The first-order valence-corrected chi connectivity index (χ1v) is 4.47. The zero-order valence-corrected chi connectivity index (χ0v) is 7.86. The minimum atomic E-state index is -0.395. The Labute approximate surface area is 77.8 Å². The average Bonchev–Trinajstić information content (AvgIpc) is 2.87. The van der Waals surface area contributed by atoms with Gasteiger partial charge in [0, 0.05) is 13.1 Å². The lowest BCUT2D eigenvalue weighted by molar-refractivity contribution is 0.0993. The lowest BCUT2D eigenvalue weighted by atomic mass is 10.5. The highest BCUT2D eigenvalue weighted by Gasteiger charge is 2.22. The molecule has 2 amide bonds. The van der Waals surface area contributed by atoms with Crippen LogP contribution in [0, 0.1) is 0 Å². The number of nitrogens with zero attached hydrogens (tertiary/aromatic N) is 1. The van der Waals surface area contributed by atoms with E-state index in [1.807, 2.05) is 6.92 Å². The molecule has 0 bridgehead atoms. The standard InChI is InChI=1S/C8H16N2O3/c1-2-10(8(9)11)3-4-12-5-7-6-13-7/h7H,2-6H2,1H3,(H2,9,11). The van der Waals surface area contributed by atoms with Gasteiger partial charge in [0.05, 0.1) is 19.8 Å². The van der Waals surface area contributed by atoms with Gasteiger partial charge in [-0.15, -0.1) is 0 Å². The summed E-state index contributed by atoms with van der Waals surface area (Å²) in [5.74, 6) is 0. The van der Waals surface area contributed by atoms with Crippen LogP contribution >= 0.6 is 0 Å². The number of hydrogen-bond acceptors (Lipinski definition) is 3.